The first-order valence-electron chi connectivity index (χ1n) is 13.3. The number of carbonyl (C=O) groups is 3. The molecule has 4 aliphatic heterocycles. The molecule has 0 aromatic heterocycles. The summed E-state index contributed by atoms with van der Waals surface area (Å²) in [6.07, 6.45) is 8.46. The van der Waals surface area contributed by atoms with Crippen LogP contribution in [0.1, 0.15) is 20.3 Å². The second-order valence-electron chi connectivity index (χ2n) is 10.7. The lowest BCUT2D eigenvalue weighted by Gasteiger charge is -2.40. The number of aliphatic hydroxyl groups excluding tert-OH is 1. The lowest BCUT2D eigenvalue weighted by molar-refractivity contribution is -0.152. The average molecular weight is 533 g/mol. The molecule has 198 valence electrons. The van der Waals surface area contributed by atoms with Crippen LogP contribution in [0.25, 0.3) is 10.8 Å². The van der Waals surface area contributed by atoms with Crippen LogP contribution in [0, 0.1) is 17.8 Å². The number of hydrogen-bond acceptors (Lipinski definition) is 6. The Morgan fingerprint density at radius 3 is 2.66 bits per heavy atom. The van der Waals surface area contributed by atoms with Crippen molar-refractivity contribution >= 4 is 46.0 Å². The van der Waals surface area contributed by atoms with Crippen molar-refractivity contribution in [2.24, 2.45) is 17.8 Å². The Labute approximate surface area is 226 Å². The van der Waals surface area contributed by atoms with E-state index in [-0.39, 0.29) is 36.2 Å². The number of rotatable bonds is 5. The second kappa shape index (κ2) is 9.58. The number of aliphatic hydroxyl groups is 1. The Balaban J connectivity index is 1.49. The molecular weight excluding hydrogens is 500 g/mol. The molecule has 1 N–H and O–H groups in total. The standard InChI is InChI=1S/C30H32N2O5S/c1-3-18(2)22(17-33)32-26-28(35)31(21-12-11-19-8-4-5-9-20(19)16-21)14-7-13-30(26)25(27(32)34)24-23(38-30)10-6-15-37-29(24)36/h4-13,16,18,22-26,33H,3,14-15,17H2,1-2H3/t18-,22-,23+,24-,25-,26?,30-/m0/s1. The first kappa shape index (κ1) is 25.2. The molecule has 38 heavy (non-hydrogen) atoms. The van der Waals surface area contributed by atoms with Gasteiger partial charge in [0.05, 0.1) is 29.2 Å². The Kier molecular flexibility index (Phi) is 6.35. The van der Waals surface area contributed by atoms with Crippen molar-refractivity contribution in [2.75, 3.05) is 24.7 Å². The van der Waals surface area contributed by atoms with Gasteiger partial charge in [0.15, 0.2) is 0 Å². The van der Waals surface area contributed by atoms with Gasteiger partial charge in [-0.1, -0.05) is 74.9 Å². The van der Waals surface area contributed by atoms with Gasteiger partial charge in [-0.15, -0.1) is 11.8 Å². The molecule has 4 aliphatic rings. The number of hydrogen-bond donors (Lipinski definition) is 1. The monoisotopic (exact) mass is 532 g/mol. The van der Waals surface area contributed by atoms with Gasteiger partial charge in [-0.3, -0.25) is 14.4 Å². The summed E-state index contributed by atoms with van der Waals surface area (Å²) in [5.74, 6) is -2.30. The normalized spacial score (nSPS) is 31.9. The lowest BCUT2D eigenvalue weighted by Crippen LogP contribution is -2.58. The van der Waals surface area contributed by atoms with Crippen molar-refractivity contribution < 1.29 is 24.2 Å². The summed E-state index contributed by atoms with van der Waals surface area (Å²) in [6.45, 7) is 4.29. The minimum atomic E-state index is -0.934. The van der Waals surface area contributed by atoms with Crippen LogP contribution in [-0.4, -0.2) is 69.6 Å². The van der Waals surface area contributed by atoms with Gasteiger partial charge in [0, 0.05) is 17.5 Å². The molecule has 2 saturated heterocycles. The summed E-state index contributed by atoms with van der Waals surface area (Å²) >= 11 is 1.52. The Bertz CT molecular complexity index is 1360. The number of benzene rings is 2. The quantitative estimate of drug-likeness (QED) is 0.468. The van der Waals surface area contributed by atoms with Crippen molar-refractivity contribution in [1.82, 2.24) is 4.90 Å². The third kappa shape index (κ3) is 3.64. The fourth-order valence-electron chi connectivity index (χ4n) is 6.66. The number of fused-ring (bicyclic) bond motifs is 3. The van der Waals surface area contributed by atoms with Crippen LogP contribution >= 0.6 is 11.8 Å². The minimum Gasteiger partial charge on any atom is -0.461 e. The molecule has 2 aromatic carbocycles. The predicted molar refractivity (Wildman–Crippen MR) is 148 cm³/mol. The Morgan fingerprint density at radius 2 is 1.89 bits per heavy atom. The topological polar surface area (TPSA) is 87.2 Å². The van der Waals surface area contributed by atoms with Crippen LogP contribution in [0.4, 0.5) is 5.69 Å². The zero-order valence-electron chi connectivity index (χ0n) is 21.5. The highest BCUT2D eigenvalue weighted by molar-refractivity contribution is 8.02. The van der Waals surface area contributed by atoms with Crippen molar-refractivity contribution in [3.63, 3.8) is 0 Å². The summed E-state index contributed by atoms with van der Waals surface area (Å²) in [4.78, 5) is 45.4. The molecule has 2 fully saturated rings. The highest BCUT2D eigenvalue weighted by Gasteiger charge is 2.72. The smallest absolute Gasteiger partial charge is 0.311 e. The van der Waals surface area contributed by atoms with Crippen LogP contribution in [0.3, 0.4) is 0 Å². The number of cyclic esters (lactones) is 1. The number of nitrogens with zero attached hydrogens (tertiary/aromatic N) is 2. The van der Waals surface area contributed by atoms with E-state index in [0.29, 0.717) is 6.54 Å². The molecule has 0 saturated carbocycles. The summed E-state index contributed by atoms with van der Waals surface area (Å²) < 4.78 is 4.52. The van der Waals surface area contributed by atoms with Crippen LogP contribution in [0.2, 0.25) is 0 Å². The average Bonchev–Trinajstić information content (AvgIpc) is 3.23. The van der Waals surface area contributed by atoms with Gasteiger partial charge in [0.2, 0.25) is 5.91 Å². The third-order valence-corrected chi connectivity index (χ3v) is 10.5. The maximum Gasteiger partial charge on any atom is 0.311 e. The van der Waals surface area contributed by atoms with Crippen LogP contribution in [0.15, 0.2) is 66.8 Å². The molecule has 2 aromatic rings. The largest absolute Gasteiger partial charge is 0.461 e. The van der Waals surface area contributed by atoms with Gasteiger partial charge < -0.3 is 19.6 Å². The van der Waals surface area contributed by atoms with E-state index in [9.17, 15) is 19.5 Å². The Morgan fingerprint density at radius 1 is 1.11 bits per heavy atom. The molecule has 1 unspecified atom stereocenters. The number of carbonyl (C=O) groups excluding carboxylic acids is 3. The number of thioether (sulfide) groups is 1. The number of likely N-dealkylation sites (tertiary alicyclic amines) is 1. The van der Waals surface area contributed by atoms with E-state index in [1.165, 1.54) is 11.8 Å². The van der Waals surface area contributed by atoms with Crippen molar-refractivity contribution in [1.29, 1.82) is 0 Å². The molecule has 6 rings (SSSR count). The maximum absolute atomic E-state index is 14.6. The van der Waals surface area contributed by atoms with Crippen molar-refractivity contribution in [3.8, 4) is 0 Å². The highest BCUT2D eigenvalue weighted by atomic mass is 32.2. The highest BCUT2D eigenvalue weighted by Crippen LogP contribution is 2.61. The van der Waals surface area contributed by atoms with E-state index in [1.54, 1.807) is 9.80 Å². The van der Waals surface area contributed by atoms with Gasteiger partial charge in [-0.2, -0.15) is 0 Å². The van der Waals surface area contributed by atoms with Crippen LogP contribution < -0.4 is 4.90 Å². The molecule has 8 heteroatoms. The molecule has 0 radical (unpaired) electrons. The SMILES string of the molecule is CC[C@H](C)[C@H](CO)N1C(=O)[C@@H]2[C@H]3C(=O)OCC=C[C@H]3S[C@@]23C=CCN(c2ccc4ccccc4c2)C(=O)C13. The molecule has 4 heterocycles. The zero-order valence-corrected chi connectivity index (χ0v) is 22.3. The van der Waals surface area contributed by atoms with Gasteiger partial charge >= 0.3 is 5.97 Å². The van der Waals surface area contributed by atoms with Gasteiger partial charge in [-0.25, -0.2) is 0 Å². The summed E-state index contributed by atoms with van der Waals surface area (Å²) in [5, 5.41) is 12.3. The van der Waals surface area contributed by atoms with E-state index in [0.717, 1.165) is 22.9 Å². The molecule has 2 amide bonds. The van der Waals surface area contributed by atoms with E-state index < -0.39 is 34.6 Å². The Hall–Kier alpha value is -3.10. The first-order chi connectivity index (χ1) is 18.4. The first-order valence-corrected chi connectivity index (χ1v) is 14.2. The molecular formula is C30H32N2O5S. The van der Waals surface area contributed by atoms with E-state index in [2.05, 4.69) is 0 Å². The number of anilines is 1. The van der Waals surface area contributed by atoms with E-state index in [4.69, 9.17) is 4.74 Å². The van der Waals surface area contributed by atoms with E-state index in [1.807, 2.05) is 80.6 Å². The van der Waals surface area contributed by atoms with E-state index >= 15 is 0 Å². The summed E-state index contributed by atoms with van der Waals surface area (Å²) in [7, 11) is 0. The van der Waals surface area contributed by atoms with Crippen molar-refractivity contribution in [2.45, 2.75) is 42.3 Å². The number of ether oxygens (including phenoxy) is 1. The molecule has 7 nitrogen and oxygen atoms in total. The fourth-order valence-corrected chi connectivity index (χ4v) is 8.64. The van der Waals surface area contributed by atoms with Crippen LogP contribution in [0.5, 0.6) is 0 Å². The maximum atomic E-state index is 14.6. The van der Waals surface area contributed by atoms with Crippen molar-refractivity contribution in [3.05, 3.63) is 66.8 Å². The minimum absolute atomic E-state index is 0.0317. The number of amides is 2. The van der Waals surface area contributed by atoms with Gasteiger partial charge in [-0.05, 0) is 28.8 Å². The molecule has 0 aliphatic carbocycles. The fraction of sp³-hybridized carbons (Fsp3) is 0.433. The lowest BCUT2D eigenvalue weighted by atomic mass is 9.78. The van der Waals surface area contributed by atoms with Crippen LogP contribution in [-0.2, 0) is 19.1 Å². The van der Waals surface area contributed by atoms with Gasteiger partial charge in [0.1, 0.15) is 12.6 Å². The zero-order chi connectivity index (χ0) is 26.6. The second-order valence-corrected chi connectivity index (χ2v) is 12.2. The van der Waals surface area contributed by atoms with Gasteiger partial charge in [0.25, 0.3) is 5.91 Å². The summed E-state index contributed by atoms with van der Waals surface area (Å²) in [6, 6.07) is 12.6. The number of esters is 1. The summed E-state index contributed by atoms with van der Waals surface area (Å²) in [5.41, 5.74) is 0.756. The molecule has 1 spiro atoms. The molecule has 0 bridgehead atoms. The third-order valence-electron chi connectivity index (χ3n) is 8.74. The molecule has 7 atom stereocenters. The predicted octanol–water partition coefficient (Wildman–Crippen LogP) is 3.56.